The van der Waals surface area contributed by atoms with Crippen molar-refractivity contribution in [2.24, 2.45) is 0 Å². The molecular weight excluding hydrogens is 133 g/mol. The molecule has 0 fully saturated rings. The highest BCUT2D eigenvalue weighted by molar-refractivity contribution is 5.75. The van der Waals surface area contributed by atoms with E-state index in [2.05, 4.69) is 4.98 Å². The second-order valence-corrected chi connectivity index (χ2v) is 1.95. The summed E-state index contributed by atoms with van der Waals surface area (Å²) in [5.41, 5.74) is 0.858. The number of aryl methyl sites for hydroxylation is 1. The number of pyridine rings is 1. The minimum atomic E-state index is -0.479. The zero-order valence-electron chi connectivity index (χ0n) is 5.47. The lowest BCUT2D eigenvalue weighted by Crippen LogP contribution is -1.91. The minimum Gasteiger partial charge on any atom is -0.298 e. The van der Waals surface area contributed by atoms with E-state index in [-0.39, 0.29) is 0 Å². The predicted molar refractivity (Wildman–Crippen MR) is 34.3 cm³/mol. The topological polar surface area (TPSA) is 30.0 Å². The maximum absolute atomic E-state index is 12.3. The second kappa shape index (κ2) is 2.56. The average Bonchev–Trinajstić information content (AvgIpc) is 1.94. The highest BCUT2D eigenvalue weighted by Gasteiger charge is 1.98. The molecule has 0 aliphatic heterocycles. The van der Waals surface area contributed by atoms with Gasteiger partial charge in [-0.1, -0.05) is 0 Å². The SMILES string of the molecule is Cc1ncc(F)cc1C=O. The van der Waals surface area contributed by atoms with E-state index in [4.69, 9.17) is 0 Å². The Morgan fingerprint density at radius 3 is 2.90 bits per heavy atom. The van der Waals surface area contributed by atoms with Crippen molar-refractivity contribution in [1.29, 1.82) is 0 Å². The second-order valence-electron chi connectivity index (χ2n) is 1.95. The lowest BCUT2D eigenvalue weighted by molar-refractivity contribution is 0.112. The first-order chi connectivity index (χ1) is 4.74. The molecule has 0 spiro atoms. The van der Waals surface area contributed by atoms with Gasteiger partial charge in [0.1, 0.15) is 5.82 Å². The molecule has 0 radical (unpaired) electrons. The van der Waals surface area contributed by atoms with Crippen molar-refractivity contribution in [3.63, 3.8) is 0 Å². The van der Waals surface area contributed by atoms with E-state index in [1.165, 1.54) is 0 Å². The van der Waals surface area contributed by atoms with E-state index in [0.29, 0.717) is 17.5 Å². The van der Waals surface area contributed by atoms with Crippen LogP contribution in [0.25, 0.3) is 0 Å². The first kappa shape index (κ1) is 6.86. The van der Waals surface area contributed by atoms with Crippen LogP contribution >= 0.6 is 0 Å². The van der Waals surface area contributed by atoms with Crippen molar-refractivity contribution < 1.29 is 9.18 Å². The molecule has 1 aromatic heterocycles. The van der Waals surface area contributed by atoms with Crippen molar-refractivity contribution in [2.45, 2.75) is 6.92 Å². The van der Waals surface area contributed by atoms with Gasteiger partial charge in [0, 0.05) is 11.3 Å². The number of rotatable bonds is 1. The Hall–Kier alpha value is -1.25. The van der Waals surface area contributed by atoms with Crippen LogP contribution in [0, 0.1) is 12.7 Å². The van der Waals surface area contributed by atoms with Crippen molar-refractivity contribution in [1.82, 2.24) is 4.98 Å². The molecule has 52 valence electrons. The Morgan fingerprint density at radius 1 is 1.70 bits per heavy atom. The van der Waals surface area contributed by atoms with Gasteiger partial charge in [0.2, 0.25) is 0 Å². The quantitative estimate of drug-likeness (QED) is 0.549. The molecular formula is C7H6FNO. The summed E-state index contributed by atoms with van der Waals surface area (Å²) in [6.07, 6.45) is 1.67. The number of aldehydes is 1. The Labute approximate surface area is 57.7 Å². The number of aromatic nitrogens is 1. The van der Waals surface area contributed by atoms with Crippen LogP contribution in [0.15, 0.2) is 12.3 Å². The number of carbonyl (C=O) groups excluding carboxylic acids is 1. The largest absolute Gasteiger partial charge is 0.298 e. The molecule has 10 heavy (non-hydrogen) atoms. The molecule has 0 saturated carbocycles. The van der Waals surface area contributed by atoms with Crippen LogP contribution in [-0.4, -0.2) is 11.3 Å². The Balaban J connectivity index is 3.21. The molecule has 0 aliphatic rings. The third-order valence-electron chi connectivity index (χ3n) is 1.22. The minimum absolute atomic E-state index is 0.306. The average molecular weight is 139 g/mol. The highest BCUT2D eigenvalue weighted by atomic mass is 19.1. The number of halogens is 1. The monoisotopic (exact) mass is 139 g/mol. The van der Waals surface area contributed by atoms with Crippen LogP contribution in [0.5, 0.6) is 0 Å². The van der Waals surface area contributed by atoms with Gasteiger partial charge in [-0.2, -0.15) is 0 Å². The summed E-state index contributed by atoms with van der Waals surface area (Å²) >= 11 is 0. The van der Waals surface area contributed by atoms with Crippen molar-refractivity contribution >= 4 is 6.29 Å². The van der Waals surface area contributed by atoms with Crippen LogP contribution in [0.1, 0.15) is 16.1 Å². The molecule has 1 aromatic rings. The van der Waals surface area contributed by atoms with E-state index in [9.17, 15) is 9.18 Å². The first-order valence-corrected chi connectivity index (χ1v) is 2.81. The predicted octanol–water partition coefficient (Wildman–Crippen LogP) is 1.34. The number of carbonyl (C=O) groups is 1. The van der Waals surface area contributed by atoms with Gasteiger partial charge in [-0.25, -0.2) is 4.39 Å². The van der Waals surface area contributed by atoms with E-state index in [1.807, 2.05) is 0 Å². The van der Waals surface area contributed by atoms with Crippen LogP contribution in [0.2, 0.25) is 0 Å². The standard InChI is InChI=1S/C7H6FNO/c1-5-6(4-10)2-7(8)3-9-5/h2-4H,1H3. The number of nitrogens with zero attached hydrogens (tertiary/aromatic N) is 1. The molecule has 1 heterocycles. The summed E-state index contributed by atoms with van der Waals surface area (Å²) in [7, 11) is 0. The molecule has 0 unspecified atom stereocenters. The van der Waals surface area contributed by atoms with Gasteiger partial charge in [-0.05, 0) is 13.0 Å². The highest BCUT2D eigenvalue weighted by Crippen LogP contribution is 2.02. The number of hydrogen-bond donors (Lipinski definition) is 0. The Morgan fingerprint density at radius 2 is 2.40 bits per heavy atom. The summed E-state index contributed by atoms with van der Waals surface area (Å²) in [4.78, 5) is 13.8. The molecule has 0 bridgehead atoms. The zero-order chi connectivity index (χ0) is 7.56. The normalized spacial score (nSPS) is 9.40. The summed E-state index contributed by atoms with van der Waals surface area (Å²) in [6.45, 7) is 1.66. The Kier molecular flexibility index (Phi) is 1.76. The lowest BCUT2D eigenvalue weighted by atomic mass is 10.2. The fourth-order valence-electron chi connectivity index (χ4n) is 0.643. The van der Waals surface area contributed by atoms with Gasteiger partial charge < -0.3 is 0 Å². The third kappa shape index (κ3) is 1.18. The zero-order valence-corrected chi connectivity index (χ0v) is 5.47. The molecule has 3 heteroatoms. The van der Waals surface area contributed by atoms with Crippen LogP contribution in [0.3, 0.4) is 0 Å². The molecule has 0 atom stereocenters. The lowest BCUT2D eigenvalue weighted by Gasteiger charge is -1.94. The third-order valence-corrected chi connectivity index (χ3v) is 1.22. The van der Waals surface area contributed by atoms with Gasteiger partial charge in [0.25, 0.3) is 0 Å². The summed E-state index contributed by atoms with van der Waals surface area (Å²) in [5, 5.41) is 0. The van der Waals surface area contributed by atoms with Crippen LogP contribution < -0.4 is 0 Å². The molecule has 0 N–H and O–H groups in total. The molecule has 0 aliphatic carbocycles. The molecule has 0 aromatic carbocycles. The first-order valence-electron chi connectivity index (χ1n) is 2.81. The van der Waals surface area contributed by atoms with Crippen LogP contribution in [0.4, 0.5) is 4.39 Å². The van der Waals surface area contributed by atoms with Crippen LogP contribution in [-0.2, 0) is 0 Å². The van der Waals surface area contributed by atoms with E-state index in [1.54, 1.807) is 6.92 Å². The van der Waals surface area contributed by atoms with Gasteiger partial charge in [0.05, 0.1) is 6.20 Å². The van der Waals surface area contributed by atoms with Gasteiger partial charge in [-0.15, -0.1) is 0 Å². The van der Waals surface area contributed by atoms with Crippen molar-refractivity contribution in [2.75, 3.05) is 0 Å². The smallest absolute Gasteiger partial charge is 0.151 e. The van der Waals surface area contributed by atoms with Crippen molar-refractivity contribution in [3.05, 3.63) is 29.3 Å². The molecule has 2 nitrogen and oxygen atoms in total. The summed E-state index contributed by atoms with van der Waals surface area (Å²) in [5.74, 6) is -0.479. The van der Waals surface area contributed by atoms with Gasteiger partial charge in [0.15, 0.2) is 6.29 Å². The van der Waals surface area contributed by atoms with E-state index < -0.39 is 5.82 Å². The van der Waals surface area contributed by atoms with Gasteiger partial charge >= 0.3 is 0 Å². The molecule has 1 rings (SSSR count). The van der Waals surface area contributed by atoms with Crippen molar-refractivity contribution in [3.8, 4) is 0 Å². The fourth-order valence-corrected chi connectivity index (χ4v) is 0.643. The maximum atomic E-state index is 12.3. The Bertz CT molecular complexity index is 260. The summed E-state index contributed by atoms with van der Waals surface area (Å²) < 4.78 is 12.3. The maximum Gasteiger partial charge on any atom is 0.151 e. The molecule has 0 saturated heterocycles. The van der Waals surface area contributed by atoms with E-state index in [0.717, 1.165) is 12.3 Å². The summed E-state index contributed by atoms with van der Waals surface area (Å²) in [6, 6.07) is 1.16. The molecule has 0 amide bonds. The van der Waals surface area contributed by atoms with E-state index >= 15 is 0 Å². The van der Waals surface area contributed by atoms with Gasteiger partial charge in [-0.3, -0.25) is 9.78 Å². The fraction of sp³-hybridized carbons (Fsp3) is 0.143. The number of hydrogen-bond acceptors (Lipinski definition) is 2.